The lowest BCUT2D eigenvalue weighted by atomic mass is 10.2. The predicted octanol–water partition coefficient (Wildman–Crippen LogP) is 3.97. The first-order chi connectivity index (χ1) is 13.4. The van der Waals surface area contributed by atoms with Gasteiger partial charge in [-0.15, -0.1) is 0 Å². The minimum absolute atomic E-state index is 0.0971. The molecule has 0 radical (unpaired) electrons. The molecule has 0 N–H and O–H groups in total. The van der Waals surface area contributed by atoms with Gasteiger partial charge in [-0.25, -0.2) is 0 Å². The first-order valence-corrected chi connectivity index (χ1v) is 9.71. The van der Waals surface area contributed by atoms with Crippen LogP contribution in [0.4, 0.5) is 0 Å². The Hall–Kier alpha value is -2.68. The Morgan fingerprint density at radius 3 is 2.61 bits per heavy atom. The first kappa shape index (κ1) is 18.7. The van der Waals surface area contributed by atoms with Gasteiger partial charge in [-0.3, -0.25) is 18.9 Å². The van der Waals surface area contributed by atoms with E-state index >= 15 is 0 Å². The predicted molar refractivity (Wildman–Crippen MR) is 114 cm³/mol. The molecule has 2 aromatic heterocycles. The summed E-state index contributed by atoms with van der Waals surface area (Å²) in [5, 5.41) is 0.561. The molecule has 1 amide bonds. The van der Waals surface area contributed by atoms with E-state index in [1.54, 1.807) is 55.7 Å². The van der Waals surface area contributed by atoms with Gasteiger partial charge in [0, 0.05) is 18.3 Å². The Bertz CT molecular complexity index is 1210. The van der Waals surface area contributed by atoms with Crippen molar-refractivity contribution in [3.8, 4) is 11.6 Å². The molecular formula is C19H12ClN3O3S2. The lowest BCUT2D eigenvalue weighted by Gasteiger charge is -2.10. The maximum atomic E-state index is 13.1. The number of rotatable bonds is 3. The van der Waals surface area contributed by atoms with Gasteiger partial charge in [0.2, 0.25) is 5.88 Å². The Labute approximate surface area is 174 Å². The highest BCUT2D eigenvalue weighted by molar-refractivity contribution is 8.26. The molecule has 9 heteroatoms. The number of thiocarbonyl (C=S) groups is 1. The zero-order valence-electron chi connectivity index (χ0n) is 14.5. The topological polar surface area (TPSA) is 63.9 Å². The third kappa shape index (κ3) is 3.42. The Balaban J connectivity index is 1.89. The zero-order chi connectivity index (χ0) is 19.8. The molecule has 3 aromatic rings. The average Bonchev–Trinajstić information content (AvgIpc) is 2.93. The first-order valence-electron chi connectivity index (χ1n) is 8.10. The second kappa shape index (κ2) is 7.38. The van der Waals surface area contributed by atoms with Crippen LogP contribution >= 0.6 is 35.6 Å². The van der Waals surface area contributed by atoms with Gasteiger partial charge in [0.05, 0.1) is 4.91 Å². The summed E-state index contributed by atoms with van der Waals surface area (Å²) in [5.74, 6) is 0.291. The van der Waals surface area contributed by atoms with Crippen molar-refractivity contribution < 1.29 is 9.53 Å². The number of thioether (sulfide) groups is 1. The minimum atomic E-state index is -0.351. The Morgan fingerprint density at radius 1 is 1.18 bits per heavy atom. The summed E-state index contributed by atoms with van der Waals surface area (Å²) in [6.07, 6.45) is 3.09. The number of nitrogens with zero attached hydrogens (tertiary/aromatic N) is 3. The summed E-state index contributed by atoms with van der Waals surface area (Å²) >= 11 is 12.2. The molecule has 0 saturated carbocycles. The quantitative estimate of drug-likeness (QED) is 0.463. The number of benzene rings is 1. The van der Waals surface area contributed by atoms with Crippen LogP contribution in [-0.4, -0.2) is 31.6 Å². The molecule has 1 fully saturated rings. The summed E-state index contributed by atoms with van der Waals surface area (Å²) in [5.41, 5.74) is 0.236. The standard InChI is InChI=1S/C19H12ClN3O3S2/c1-22-18(25)14(28-19(22)27)10-13-16(26-12-7-5-11(20)6-8-12)21-15-4-2-3-9-23(15)17(13)24/h2-10H,1H3. The van der Waals surface area contributed by atoms with Crippen LogP contribution in [0.1, 0.15) is 5.56 Å². The number of aromatic nitrogens is 2. The molecular weight excluding hydrogens is 418 g/mol. The molecule has 0 spiro atoms. The maximum Gasteiger partial charge on any atom is 0.269 e. The number of ether oxygens (including phenoxy) is 1. The average molecular weight is 430 g/mol. The van der Waals surface area contributed by atoms with E-state index < -0.39 is 0 Å². The van der Waals surface area contributed by atoms with Crippen molar-refractivity contribution >= 4 is 57.5 Å². The van der Waals surface area contributed by atoms with Gasteiger partial charge in [0.15, 0.2) is 0 Å². The number of amides is 1. The number of carbonyl (C=O) groups excluding carboxylic acids is 1. The SMILES string of the molecule is CN1C(=O)C(=Cc2c(Oc3ccc(Cl)cc3)nc3ccccn3c2=O)SC1=S. The van der Waals surface area contributed by atoms with Gasteiger partial charge in [0.25, 0.3) is 11.5 Å². The molecule has 1 aromatic carbocycles. The van der Waals surface area contributed by atoms with Crippen LogP contribution in [0, 0.1) is 0 Å². The van der Waals surface area contributed by atoms with Gasteiger partial charge in [-0.1, -0.05) is 41.6 Å². The van der Waals surface area contributed by atoms with Crippen LogP contribution in [0.5, 0.6) is 11.6 Å². The van der Waals surface area contributed by atoms with E-state index in [2.05, 4.69) is 4.98 Å². The van der Waals surface area contributed by atoms with Crippen LogP contribution < -0.4 is 10.3 Å². The van der Waals surface area contributed by atoms with Gasteiger partial charge in [-0.2, -0.15) is 4.98 Å². The number of likely N-dealkylation sites (N-methyl/N-ethyl adjacent to an activating group) is 1. The number of pyridine rings is 1. The number of halogens is 1. The van der Waals surface area contributed by atoms with Gasteiger partial charge in [-0.05, 0) is 42.5 Å². The third-order valence-electron chi connectivity index (χ3n) is 4.02. The number of hydrogen-bond donors (Lipinski definition) is 0. The summed E-state index contributed by atoms with van der Waals surface area (Å²) in [6.45, 7) is 0. The summed E-state index contributed by atoms with van der Waals surface area (Å²) in [4.78, 5) is 31.6. The number of carbonyl (C=O) groups is 1. The minimum Gasteiger partial charge on any atom is -0.438 e. The summed E-state index contributed by atoms with van der Waals surface area (Å²) in [6, 6.07) is 11.9. The monoisotopic (exact) mass is 429 g/mol. The van der Waals surface area contributed by atoms with Crippen molar-refractivity contribution in [3.05, 3.63) is 74.5 Å². The summed E-state index contributed by atoms with van der Waals surface area (Å²) < 4.78 is 7.68. The van der Waals surface area contributed by atoms with Crippen LogP contribution in [-0.2, 0) is 4.79 Å². The van der Waals surface area contributed by atoms with E-state index in [0.717, 1.165) is 11.8 Å². The van der Waals surface area contributed by atoms with Crippen molar-refractivity contribution in [2.45, 2.75) is 0 Å². The molecule has 3 heterocycles. The highest BCUT2D eigenvalue weighted by Gasteiger charge is 2.29. The molecule has 1 aliphatic rings. The van der Waals surface area contributed by atoms with Crippen molar-refractivity contribution in [1.82, 2.24) is 14.3 Å². The molecule has 140 valence electrons. The largest absolute Gasteiger partial charge is 0.438 e. The van der Waals surface area contributed by atoms with Crippen LogP contribution in [0.15, 0.2) is 58.4 Å². The van der Waals surface area contributed by atoms with Crippen LogP contribution in [0.25, 0.3) is 11.7 Å². The lowest BCUT2D eigenvalue weighted by Crippen LogP contribution is -2.22. The summed E-state index contributed by atoms with van der Waals surface area (Å²) in [7, 11) is 1.59. The number of hydrogen-bond acceptors (Lipinski definition) is 6. The maximum absolute atomic E-state index is 13.1. The molecule has 6 nitrogen and oxygen atoms in total. The fraction of sp³-hybridized carbons (Fsp3) is 0.0526. The molecule has 0 aliphatic carbocycles. The molecule has 0 atom stereocenters. The van der Waals surface area contributed by atoms with Gasteiger partial charge < -0.3 is 4.74 Å². The lowest BCUT2D eigenvalue weighted by molar-refractivity contribution is -0.121. The fourth-order valence-electron chi connectivity index (χ4n) is 2.57. The second-order valence-corrected chi connectivity index (χ2v) is 7.97. The van der Waals surface area contributed by atoms with E-state index in [-0.39, 0.29) is 22.9 Å². The van der Waals surface area contributed by atoms with Gasteiger partial charge in [0.1, 0.15) is 21.3 Å². The molecule has 0 bridgehead atoms. The van der Waals surface area contributed by atoms with Crippen LogP contribution in [0.2, 0.25) is 5.02 Å². The molecule has 1 aliphatic heterocycles. The zero-order valence-corrected chi connectivity index (χ0v) is 16.8. The normalized spacial score (nSPS) is 15.6. The van der Waals surface area contributed by atoms with Gasteiger partial charge >= 0.3 is 0 Å². The van der Waals surface area contributed by atoms with E-state index in [9.17, 15) is 9.59 Å². The molecule has 0 unspecified atom stereocenters. The Morgan fingerprint density at radius 2 is 1.93 bits per heavy atom. The van der Waals surface area contributed by atoms with Crippen molar-refractivity contribution in [3.63, 3.8) is 0 Å². The Kier molecular flexibility index (Phi) is 4.92. The van der Waals surface area contributed by atoms with Crippen LogP contribution in [0.3, 0.4) is 0 Å². The van der Waals surface area contributed by atoms with E-state index in [1.807, 2.05) is 0 Å². The number of fused-ring (bicyclic) bond motifs is 1. The third-order valence-corrected chi connectivity index (χ3v) is 5.76. The molecule has 1 saturated heterocycles. The van der Waals surface area contributed by atoms with E-state index in [1.165, 1.54) is 15.4 Å². The fourth-order valence-corrected chi connectivity index (χ4v) is 3.86. The van der Waals surface area contributed by atoms with Crippen molar-refractivity contribution in [2.75, 3.05) is 7.05 Å². The van der Waals surface area contributed by atoms with Crippen molar-refractivity contribution in [1.29, 1.82) is 0 Å². The van der Waals surface area contributed by atoms with E-state index in [4.69, 9.17) is 28.6 Å². The highest BCUT2D eigenvalue weighted by atomic mass is 35.5. The molecule has 4 rings (SSSR count). The smallest absolute Gasteiger partial charge is 0.269 e. The molecule has 28 heavy (non-hydrogen) atoms. The second-order valence-electron chi connectivity index (χ2n) is 5.86. The highest BCUT2D eigenvalue weighted by Crippen LogP contribution is 2.33. The van der Waals surface area contributed by atoms with Crippen molar-refractivity contribution in [2.24, 2.45) is 0 Å². The van der Waals surface area contributed by atoms with E-state index in [0.29, 0.717) is 25.6 Å².